The summed E-state index contributed by atoms with van der Waals surface area (Å²) in [4.78, 5) is 0. The van der Waals surface area contributed by atoms with Crippen LogP contribution in [0.1, 0.15) is 40.0 Å². The fourth-order valence-electron chi connectivity index (χ4n) is 2.18. The van der Waals surface area contributed by atoms with Crippen LogP contribution in [0.5, 0.6) is 0 Å². The van der Waals surface area contributed by atoms with Crippen LogP contribution in [0.2, 0.25) is 0 Å². The van der Waals surface area contributed by atoms with Crippen molar-refractivity contribution in [3.8, 4) is 0 Å². The van der Waals surface area contributed by atoms with Crippen LogP contribution in [0.4, 0.5) is 0 Å². The summed E-state index contributed by atoms with van der Waals surface area (Å²) >= 11 is 0. The normalized spacial score (nSPS) is 33.6. The molecule has 0 spiro atoms. The smallest absolute Gasteiger partial charge is 0.0618 e. The molecule has 0 heterocycles. The highest BCUT2D eigenvalue weighted by atomic mass is 16.5. The van der Waals surface area contributed by atoms with E-state index in [1.165, 1.54) is 19.3 Å². The summed E-state index contributed by atoms with van der Waals surface area (Å²) in [6.45, 7) is 8.38. The lowest BCUT2D eigenvalue weighted by atomic mass is 9.80. The molecule has 2 nitrogen and oxygen atoms in total. The Bertz CT molecular complexity index is 158. The van der Waals surface area contributed by atoms with Crippen LogP contribution in [0.3, 0.4) is 0 Å². The van der Waals surface area contributed by atoms with Crippen molar-refractivity contribution in [3.05, 3.63) is 0 Å². The van der Waals surface area contributed by atoms with E-state index in [1.807, 2.05) is 0 Å². The first-order valence-electron chi connectivity index (χ1n) is 5.95. The first-order valence-corrected chi connectivity index (χ1v) is 5.95. The SMILES string of the molecule is CC(C)COC1CC(C)CCC1CN. The van der Waals surface area contributed by atoms with E-state index >= 15 is 0 Å². The van der Waals surface area contributed by atoms with E-state index in [1.54, 1.807) is 0 Å². The van der Waals surface area contributed by atoms with E-state index < -0.39 is 0 Å². The summed E-state index contributed by atoms with van der Waals surface area (Å²) in [5.74, 6) is 2.05. The van der Waals surface area contributed by atoms with Gasteiger partial charge in [0, 0.05) is 6.61 Å². The molecule has 1 aliphatic rings. The quantitative estimate of drug-likeness (QED) is 0.754. The molecule has 0 aromatic heterocycles. The maximum atomic E-state index is 5.94. The van der Waals surface area contributed by atoms with Crippen LogP contribution < -0.4 is 5.73 Å². The lowest BCUT2D eigenvalue weighted by Gasteiger charge is -2.34. The third-order valence-electron chi connectivity index (χ3n) is 3.14. The van der Waals surface area contributed by atoms with Gasteiger partial charge in [-0.25, -0.2) is 0 Å². The molecule has 84 valence electrons. The summed E-state index contributed by atoms with van der Waals surface area (Å²) < 4.78 is 5.94. The van der Waals surface area contributed by atoms with E-state index in [9.17, 15) is 0 Å². The van der Waals surface area contributed by atoms with Gasteiger partial charge < -0.3 is 10.5 Å². The van der Waals surface area contributed by atoms with Gasteiger partial charge >= 0.3 is 0 Å². The molecule has 2 heteroatoms. The van der Waals surface area contributed by atoms with Gasteiger partial charge in [0.2, 0.25) is 0 Å². The van der Waals surface area contributed by atoms with Crippen molar-refractivity contribution >= 4 is 0 Å². The lowest BCUT2D eigenvalue weighted by molar-refractivity contribution is -0.0315. The summed E-state index contributed by atoms with van der Waals surface area (Å²) in [6.07, 6.45) is 4.20. The second-order valence-electron chi connectivity index (χ2n) is 5.18. The van der Waals surface area contributed by atoms with Crippen molar-refractivity contribution < 1.29 is 4.74 Å². The van der Waals surface area contributed by atoms with Crippen molar-refractivity contribution in [2.24, 2.45) is 23.5 Å². The van der Waals surface area contributed by atoms with Gasteiger partial charge in [-0.15, -0.1) is 0 Å². The van der Waals surface area contributed by atoms with E-state index in [0.29, 0.717) is 17.9 Å². The summed E-state index contributed by atoms with van der Waals surface area (Å²) in [6, 6.07) is 0. The highest BCUT2D eigenvalue weighted by Gasteiger charge is 2.28. The molecule has 0 radical (unpaired) electrons. The molecule has 0 bridgehead atoms. The average Bonchev–Trinajstić information content (AvgIpc) is 2.15. The van der Waals surface area contributed by atoms with Gasteiger partial charge in [-0.1, -0.05) is 27.2 Å². The molecule has 14 heavy (non-hydrogen) atoms. The molecular weight excluding hydrogens is 174 g/mol. The Labute approximate surface area is 88.2 Å². The van der Waals surface area contributed by atoms with Gasteiger partial charge in [-0.2, -0.15) is 0 Å². The largest absolute Gasteiger partial charge is 0.378 e. The molecule has 1 fully saturated rings. The number of ether oxygens (including phenoxy) is 1. The molecule has 3 unspecified atom stereocenters. The van der Waals surface area contributed by atoms with Crippen LogP contribution in [0.25, 0.3) is 0 Å². The Morgan fingerprint density at radius 1 is 1.36 bits per heavy atom. The highest BCUT2D eigenvalue weighted by Crippen LogP contribution is 2.30. The molecule has 1 saturated carbocycles. The van der Waals surface area contributed by atoms with Gasteiger partial charge in [0.1, 0.15) is 0 Å². The van der Waals surface area contributed by atoms with Crippen molar-refractivity contribution in [1.29, 1.82) is 0 Å². The molecule has 3 atom stereocenters. The number of hydrogen-bond donors (Lipinski definition) is 1. The monoisotopic (exact) mass is 199 g/mol. The van der Waals surface area contributed by atoms with Gasteiger partial charge in [-0.05, 0) is 37.1 Å². The maximum Gasteiger partial charge on any atom is 0.0618 e. The zero-order valence-electron chi connectivity index (χ0n) is 9.83. The van der Waals surface area contributed by atoms with Crippen LogP contribution in [0.15, 0.2) is 0 Å². The third kappa shape index (κ3) is 3.58. The Kier molecular flexibility index (Phi) is 4.90. The fourth-order valence-corrected chi connectivity index (χ4v) is 2.18. The first-order chi connectivity index (χ1) is 6.63. The average molecular weight is 199 g/mol. The molecule has 1 aliphatic carbocycles. The van der Waals surface area contributed by atoms with Crippen LogP contribution in [-0.2, 0) is 4.74 Å². The summed E-state index contributed by atoms with van der Waals surface area (Å²) in [5.41, 5.74) is 5.77. The lowest BCUT2D eigenvalue weighted by Crippen LogP contribution is -2.36. The minimum absolute atomic E-state index is 0.422. The number of hydrogen-bond acceptors (Lipinski definition) is 2. The molecule has 0 aromatic rings. The highest BCUT2D eigenvalue weighted by molar-refractivity contribution is 4.79. The van der Waals surface area contributed by atoms with Crippen LogP contribution in [0, 0.1) is 17.8 Å². The Morgan fingerprint density at radius 3 is 2.64 bits per heavy atom. The predicted molar refractivity (Wildman–Crippen MR) is 60.1 cm³/mol. The Morgan fingerprint density at radius 2 is 2.07 bits per heavy atom. The minimum atomic E-state index is 0.422. The maximum absolute atomic E-state index is 5.94. The first kappa shape index (κ1) is 12.0. The van der Waals surface area contributed by atoms with Gasteiger partial charge in [0.05, 0.1) is 6.10 Å². The zero-order chi connectivity index (χ0) is 10.6. The molecule has 0 amide bonds. The molecular formula is C12H25NO. The second kappa shape index (κ2) is 5.72. The summed E-state index contributed by atoms with van der Waals surface area (Å²) in [7, 11) is 0. The second-order valence-corrected chi connectivity index (χ2v) is 5.18. The van der Waals surface area contributed by atoms with Crippen molar-refractivity contribution in [3.63, 3.8) is 0 Å². The van der Waals surface area contributed by atoms with Crippen molar-refractivity contribution in [2.45, 2.75) is 46.1 Å². The van der Waals surface area contributed by atoms with Crippen LogP contribution >= 0.6 is 0 Å². The number of rotatable bonds is 4. The molecule has 0 aromatic carbocycles. The van der Waals surface area contributed by atoms with Crippen LogP contribution in [-0.4, -0.2) is 19.3 Å². The Hall–Kier alpha value is -0.0800. The standard InChI is InChI=1S/C12H25NO/c1-9(2)8-14-12-6-10(3)4-5-11(12)7-13/h9-12H,4-8,13H2,1-3H3. The minimum Gasteiger partial charge on any atom is -0.378 e. The Balaban J connectivity index is 2.36. The zero-order valence-corrected chi connectivity index (χ0v) is 9.83. The van der Waals surface area contributed by atoms with E-state index in [2.05, 4.69) is 20.8 Å². The van der Waals surface area contributed by atoms with Gasteiger partial charge in [0.15, 0.2) is 0 Å². The van der Waals surface area contributed by atoms with E-state index in [-0.39, 0.29) is 0 Å². The summed E-state index contributed by atoms with van der Waals surface area (Å²) in [5, 5.41) is 0. The van der Waals surface area contributed by atoms with Gasteiger partial charge in [0.25, 0.3) is 0 Å². The van der Waals surface area contributed by atoms with Crippen molar-refractivity contribution in [2.75, 3.05) is 13.2 Å². The molecule has 0 aliphatic heterocycles. The topological polar surface area (TPSA) is 35.2 Å². The fraction of sp³-hybridized carbons (Fsp3) is 1.00. The van der Waals surface area contributed by atoms with Gasteiger partial charge in [-0.3, -0.25) is 0 Å². The molecule has 2 N–H and O–H groups in total. The van der Waals surface area contributed by atoms with E-state index in [4.69, 9.17) is 10.5 Å². The van der Waals surface area contributed by atoms with E-state index in [0.717, 1.165) is 19.1 Å². The predicted octanol–water partition coefficient (Wildman–Crippen LogP) is 2.42. The molecule has 1 rings (SSSR count). The number of nitrogens with two attached hydrogens (primary N) is 1. The molecule has 0 saturated heterocycles. The third-order valence-corrected chi connectivity index (χ3v) is 3.14. The van der Waals surface area contributed by atoms with Crippen molar-refractivity contribution in [1.82, 2.24) is 0 Å².